The number of nitrogens with zero attached hydrogens (tertiary/aromatic N) is 1. The van der Waals surface area contributed by atoms with Crippen molar-refractivity contribution in [3.8, 4) is 0 Å². The Hall–Kier alpha value is -0.940. The Balaban J connectivity index is 2.62. The third-order valence-corrected chi connectivity index (χ3v) is 1.63. The first-order valence-corrected chi connectivity index (χ1v) is 3.04. The van der Waals surface area contributed by atoms with Gasteiger partial charge in [0.05, 0.1) is 13.0 Å². The highest BCUT2D eigenvalue weighted by molar-refractivity contribution is 5.76. The molecule has 11 heavy (non-hydrogen) atoms. The van der Waals surface area contributed by atoms with Crippen molar-refractivity contribution in [1.82, 2.24) is 0 Å². The van der Waals surface area contributed by atoms with Crippen LogP contribution in [0.5, 0.6) is 0 Å². The maximum absolute atomic E-state index is 11.9. The zero-order chi connectivity index (χ0) is 8.65. The maximum Gasteiger partial charge on any atom is 0.396 e. The van der Waals surface area contributed by atoms with Crippen molar-refractivity contribution in [3.05, 3.63) is 5.21 Å². The zero-order valence-corrected chi connectivity index (χ0v) is 5.56. The monoisotopic (exact) mass is 168 g/mol. The van der Waals surface area contributed by atoms with Crippen LogP contribution in [0.15, 0.2) is 0 Å². The van der Waals surface area contributed by atoms with Crippen molar-refractivity contribution in [2.45, 2.75) is 12.6 Å². The molecule has 0 saturated carbocycles. The summed E-state index contributed by atoms with van der Waals surface area (Å²) in [5.74, 6) is -1.81. The van der Waals surface area contributed by atoms with Gasteiger partial charge in [0.15, 0.2) is 0 Å². The number of amidine groups is 1. The zero-order valence-electron chi connectivity index (χ0n) is 5.56. The molecule has 1 heterocycles. The van der Waals surface area contributed by atoms with E-state index >= 15 is 0 Å². The number of nitrogens with two attached hydrogens (primary N) is 1. The normalized spacial score (nSPS) is 26.3. The predicted molar refractivity (Wildman–Crippen MR) is 31.9 cm³/mol. The van der Waals surface area contributed by atoms with Gasteiger partial charge in [0.1, 0.15) is 5.92 Å². The van der Waals surface area contributed by atoms with Gasteiger partial charge in [-0.2, -0.15) is 13.2 Å². The molecule has 1 aliphatic rings. The van der Waals surface area contributed by atoms with Crippen LogP contribution in [0.1, 0.15) is 6.42 Å². The van der Waals surface area contributed by atoms with Gasteiger partial charge in [0.2, 0.25) is 5.84 Å². The molecule has 0 spiro atoms. The van der Waals surface area contributed by atoms with Crippen LogP contribution in [0.2, 0.25) is 0 Å². The number of halogens is 3. The summed E-state index contributed by atoms with van der Waals surface area (Å²) in [5, 5.41) is 10.5. The molecule has 2 N–H and O–H groups in total. The molecule has 0 bridgehead atoms. The first-order valence-electron chi connectivity index (χ1n) is 3.04. The van der Waals surface area contributed by atoms with Crippen LogP contribution in [-0.4, -0.2) is 23.3 Å². The second-order valence-electron chi connectivity index (χ2n) is 2.50. The van der Waals surface area contributed by atoms with Crippen molar-refractivity contribution in [2.24, 2.45) is 11.7 Å². The molecule has 0 radical (unpaired) electrons. The Labute approximate surface area is 60.9 Å². The topological polar surface area (TPSA) is 52.1 Å². The van der Waals surface area contributed by atoms with Crippen molar-refractivity contribution < 1.29 is 17.9 Å². The van der Waals surface area contributed by atoms with E-state index in [0.717, 1.165) is 0 Å². The first kappa shape index (κ1) is 8.16. The van der Waals surface area contributed by atoms with Crippen molar-refractivity contribution in [3.63, 3.8) is 0 Å². The molecule has 0 amide bonds. The average Bonchev–Trinajstić information content (AvgIpc) is 2.11. The summed E-state index contributed by atoms with van der Waals surface area (Å²) in [4.78, 5) is 0. The van der Waals surface area contributed by atoms with E-state index in [-0.39, 0.29) is 17.0 Å². The Morgan fingerprint density at radius 3 is 2.27 bits per heavy atom. The van der Waals surface area contributed by atoms with Crippen LogP contribution < -0.4 is 5.73 Å². The molecule has 0 aliphatic carbocycles. The number of alkyl halides is 3. The van der Waals surface area contributed by atoms with Gasteiger partial charge < -0.3 is 5.21 Å². The van der Waals surface area contributed by atoms with Crippen molar-refractivity contribution in [2.75, 3.05) is 6.54 Å². The van der Waals surface area contributed by atoms with E-state index in [1.165, 1.54) is 0 Å². The van der Waals surface area contributed by atoms with Crippen LogP contribution in [0.25, 0.3) is 0 Å². The average molecular weight is 168 g/mol. The van der Waals surface area contributed by atoms with Gasteiger partial charge in [-0.1, -0.05) is 0 Å². The third kappa shape index (κ3) is 1.55. The SMILES string of the molecule is NC1=[N+]([O-])CC(C(F)(F)F)C1. The standard InChI is InChI=1S/C5H7F3N2O/c6-5(7,8)3-1-4(9)10(11)2-3/h3H,1-2,9H2. The Morgan fingerprint density at radius 1 is 1.55 bits per heavy atom. The van der Waals surface area contributed by atoms with E-state index in [4.69, 9.17) is 5.73 Å². The van der Waals surface area contributed by atoms with Gasteiger partial charge in [-0.3, -0.25) is 10.5 Å². The molecule has 6 heteroatoms. The van der Waals surface area contributed by atoms with Gasteiger partial charge in [-0.15, -0.1) is 0 Å². The smallest absolute Gasteiger partial charge is 0.396 e. The molecule has 0 aromatic rings. The Morgan fingerprint density at radius 2 is 2.09 bits per heavy atom. The summed E-state index contributed by atoms with van der Waals surface area (Å²) in [6, 6.07) is 0. The summed E-state index contributed by atoms with van der Waals surface area (Å²) >= 11 is 0. The molecule has 1 atom stereocenters. The summed E-state index contributed by atoms with van der Waals surface area (Å²) in [6.45, 7) is -0.560. The van der Waals surface area contributed by atoms with Gasteiger partial charge in [-0.25, -0.2) is 0 Å². The lowest BCUT2D eigenvalue weighted by Gasteiger charge is -2.12. The lowest BCUT2D eigenvalue weighted by molar-refractivity contribution is -0.463. The highest BCUT2D eigenvalue weighted by atomic mass is 19.4. The Kier molecular flexibility index (Phi) is 1.69. The second-order valence-corrected chi connectivity index (χ2v) is 2.50. The molecule has 64 valence electrons. The molecule has 0 aromatic carbocycles. The molecule has 1 unspecified atom stereocenters. The van der Waals surface area contributed by atoms with Gasteiger partial charge in [0.25, 0.3) is 0 Å². The van der Waals surface area contributed by atoms with Crippen LogP contribution in [0.4, 0.5) is 13.2 Å². The summed E-state index contributed by atoms with van der Waals surface area (Å²) < 4.78 is 35.8. The molecule has 0 aromatic heterocycles. The maximum atomic E-state index is 11.9. The first-order chi connectivity index (χ1) is 4.91. The fraction of sp³-hybridized carbons (Fsp3) is 0.800. The Bertz CT molecular complexity index is 184. The van der Waals surface area contributed by atoms with Crippen LogP contribution >= 0.6 is 0 Å². The number of rotatable bonds is 0. The van der Waals surface area contributed by atoms with Gasteiger partial charge >= 0.3 is 6.18 Å². The van der Waals surface area contributed by atoms with Gasteiger partial charge in [0, 0.05) is 0 Å². The number of hydrogen-bond donors (Lipinski definition) is 1. The quantitative estimate of drug-likeness (QED) is 0.421. The second kappa shape index (κ2) is 2.28. The van der Waals surface area contributed by atoms with Crippen LogP contribution in [0.3, 0.4) is 0 Å². The van der Waals surface area contributed by atoms with E-state index in [9.17, 15) is 18.4 Å². The molecule has 3 nitrogen and oxygen atoms in total. The van der Waals surface area contributed by atoms with E-state index < -0.39 is 18.6 Å². The minimum atomic E-state index is -4.30. The fourth-order valence-electron chi connectivity index (χ4n) is 0.955. The van der Waals surface area contributed by atoms with E-state index in [0.29, 0.717) is 0 Å². The molecule has 0 saturated heterocycles. The summed E-state index contributed by atoms with van der Waals surface area (Å²) in [7, 11) is 0. The lowest BCUT2D eigenvalue weighted by Crippen LogP contribution is -2.25. The van der Waals surface area contributed by atoms with E-state index in [1.54, 1.807) is 0 Å². The number of hydrogen-bond acceptors (Lipinski definition) is 2. The highest BCUT2D eigenvalue weighted by Gasteiger charge is 2.45. The molecule has 1 aliphatic heterocycles. The molecular weight excluding hydrogens is 161 g/mol. The summed E-state index contributed by atoms with van der Waals surface area (Å²) in [6.07, 6.45) is -4.67. The minimum absolute atomic E-state index is 0.193. The molecule has 0 fully saturated rings. The molecular formula is C5H7F3N2O. The van der Waals surface area contributed by atoms with Crippen LogP contribution in [0, 0.1) is 11.1 Å². The lowest BCUT2D eigenvalue weighted by atomic mass is 10.1. The largest absolute Gasteiger partial charge is 0.715 e. The summed E-state index contributed by atoms with van der Waals surface area (Å²) in [5.41, 5.74) is 5.00. The van der Waals surface area contributed by atoms with Gasteiger partial charge in [-0.05, 0) is 0 Å². The van der Waals surface area contributed by atoms with Crippen LogP contribution in [-0.2, 0) is 0 Å². The highest BCUT2D eigenvalue weighted by Crippen LogP contribution is 2.31. The fourth-order valence-corrected chi connectivity index (χ4v) is 0.955. The van der Waals surface area contributed by atoms with E-state index in [2.05, 4.69) is 0 Å². The minimum Gasteiger partial charge on any atom is -0.715 e. The molecule has 1 rings (SSSR count). The van der Waals surface area contributed by atoms with Crippen molar-refractivity contribution in [1.29, 1.82) is 0 Å². The van der Waals surface area contributed by atoms with Crippen molar-refractivity contribution >= 4 is 5.84 Å². The third-order valence-electron chi connectivity index (χ3n) is 1.63. The predicted octanol–water partition coefficient (Wildman–Crippen LogP) is 0.436. The van der Waals surface area contributed by atoms with E-state index in [1.807, 2.05) is 0 Å². The number of hydroxylamine groups is 1.